The number of nitrogens with two attached hydrogens (primary N) is 1. The molecule has 0 spiro atoms. The first-order chi connectivity index (χ1) is 5.11. The van der Waals surface area contributed by atoms with Gasteiger partial charge in [0.15, 0.2) is 0 Å². The van der Waals surface area contributed by atoms with Gasteiger partial charge in [-0.2, -0.15) is 5.90 Å². The minimum Gasteiger partial charge on any atom is -0.416 e. The van der Waals surface area contributed by atoms with Crippen LogP contribution in [-0.2, 0) is 4.84 Å². The Kier molecular flexibility index (Phi) is 5.58. The van der Waals surface area contributed by atoms with Gasteiger partial charge < -0.3 is 4.84 Å². The van der Waals surface area contributed by atoms with Crippen molar-refractivity contribution in [1.82, 2.24) is 0 Å². The van der Waals surface area contributed by atoms with Crippen LogP contribution in [0.2, 0.25) is 0 Å². The van der Waals surface area contributed by atoms with Crippen molar-refractivity contribution in [3.63, 3.8) is 0 Å². The van der Waals surface area contributed by atoms with Gasteiger partial charge in [0.05, 0.1) is 0 Å². The average Bonchev–Trinajstić information content (AvgIpc) is 1.99. The fourth-order valence-electron chi connectivity index (χ4n) is 0.556. The SMILES string of the molecule is C/C=C(I)\C=C(/ON)C(C)C. The Morgan fingerprint density at radius 3 is 2.36 bits per heavy atom. The van der Waals surface area contributed by atoms with Crippen molar-refractivity contribution in [3.8, 4) is 0 Å². The van der Waals surface area contributed by atoms with E-state index in [1.54, 1.807) is 0 Å². The molecule has 0 aromatic heterocycles. The fourth-order valence-corrected chi connectivity index (χ4v) is 0.863. The second kappa shape index (κ2) is 5.60. The summed E-state index contributed by atoms with van der Waals surface area (Å²) >= 11 is 2.23. The highest BCUT2D eigenvalue weighted by atomic mass is 127. The standard InChI is InChI=1S/C8H14INO/c1-4-7(9)5-8(11-10)6(2)3/h4-6H,10H2,1-3H3/b7-4+,8-5-. The van der Waals surface area contributed by atoms with E-state index in [9.17, 15) is 0 Å². The molecule has 0 atom stereocenters. The summed E-state index contributed by atoms with van der Waals surface area (Å²) in [4.78, 5) is 4.70. The maximum atomic E-state index is 5.08. The first-order valence-electron chi connectivity index (χ1n) is 3.52. The summed E-state index contributed by atoms with van der Waals surface area (Å²) in [6.07, 6.45) is 3.94. The zero-order valence-electron chi connectivity index (χ0n) is 7.10. The van der Waals surface area contributed by atoms with Crippen molar-refractivity contribution in [1.29, 1.82) is 0 Å². The molecule has 0 aliphatic heterocycles. The quantitative estimate of drug-likeness (QED) is 0.369. The number of halogens is 1. The molecule has 0 aromatic rings. The third-order valence-corrected chi connectivity index (χ3v) is 2.20. The largest absolute Gasteiger partial charge is 0.416 e. The summed E-state index contributed by atoms with van der Waals surface area (Å²) in [6, 6.07) is 0. The maximum absolute atomic E-state index is 5.08. The Bertz CT molecular complexity index is 173. The van der Waals surface area contributed by atoms with Gasteiger partial charge in [-0.05, 0) is 35.6 Å². The monoisotopic (exact) mass is 267 g/mol. The van der Waals surface area contributed by atoms with Crippen molar-refractivity contribution >= 4 is 22.6 Å². The van der Waals surface area contributed by atoms with Gasteiger partial charge in [-0.1, -0.05) is 19.9 Å². The molecule has 0 saturated carbocycles. The summed E-state index contributed by atoms with van der Waals surface area (Å²) < 4.78 is 1.14. The lowest BCUT2D eigenvalue weighted by Crippen LogP contribution is -2.04. The van der Waals surface area contributed by atoms with E-state index in [1.807, 2.05) is 32.9 Å². The summed E-state index contributed by atoms with van der Waals surface area (Å²) in [5.41, 5.74) is 0. The Balaban J connectivity index is 4.35. The molecule has 0 aliphatic rings. The zero-order chi connectivity index (χ0) is 8.85. The summed E-state index contributed by atoms with van der Waals surface area (Å²) in [5.74, 6) is 6.23. The molecule has 0 unspecified atom stereocenters. The molecule has 0 aliphatic carbocycles. The highest BCUT2D eigenvalue weighted by molar-refractivity contribution is 14.1. The lowest BCUT2D eigenvalue weighted by Gasteiger charge is -2.07. The smallest absolute Gasteiger partial charge is 0.127 e. The van der Waals surface area contributed by atoms with Crippen LogP contribution in [0, 0.1) is 5.92 Å². The molecule has 0 fully saturated rings. The van der Waals surface area contributed by atoms with Gasteiger partial charge in [-0.3, -0.25) is 0 Å². The lowest BCUT2D eigenvalue weighted by atomic mass is 10.1. The van der Waals surface area contributed by atoms with Gasteiger partial charge >= 0.3 is 0 Å². The summed E-state index contributed by atoms with van der Waals surface area (Å²) in [7, 11) is 0. The van der Waals surface area contributed by atoms with E-state index in [0.29, 0.717) is 5.92 Å². The predicted molar refractivity (Wildman–Crippen MR) is 56.0 cm³/mol. The highest BCUT2D eigenvalue weighted by Crippen LogP contribution is 2.15. The van der Waals surface area contributed by atoms with E-state index in [0.717, 1.165) is 9.34 Å². The van der Waals surface area contributed by atoms with Crippen molar-refractivity contribution in [2.45, 2.75) is 20.8 Å². The molecule has 2 nitrogen and oxygen atoms in total. The molecule has 0 rings (SSSR count). The second-order valence-corrected chi connectivity index (χ2v) is 3.74. The molecule has 0 amide bonds. The van der Waals surface area contributed by atoms with Crippen molar-refractivity contribution in [3.05, 3.63) is 21.5 Å². The van der Waals surface area contributed by atoms with Crippen molar-refractivity contribution in [2.75, 3.05) is 0 Å². The highest BCUT2D eigenvalue weighted by Gasteiger charge is 2.02. The van der Waals surface area contributed by atoms with Gasteiger partial charge in [0.1, 0.15) is 5.76 Å². The molecule has 0 aromatic carbocycles. The van der Waals surface area contributed by atoms with Gasteiger partial charge in [-0.25, -0.2) is 0 Å². The summed E-state index contributed by atoms with van der Waals surface area (Å²) in [6.45, 7) is 6.06. The van der Waals surface area contributed by atoms with Crippen LogP contribution in [0.1, 0.15) is 20.8 Å². The van der Waals surface area contributed by atoms with Crippen LogP contribution < -0.4 is 5.90 Å². The number of rotatable bonds is 3. The van der Waals surface area contributed by atoms with Gasteiger partial charge in [0.25, 0.3) is 0 Å². The lowest BCUT2D eigenvalue weighted by molar-refractivity contribution is 0.191. The van der Waals surface area contributed by atoms with Crippen LogP contribution in [0.25, 0.3) is 0 Å². The molecule has 0 saturated heterocycles. The van der Waals surface area contributed by atoms with Crippen LogP contribution in [0.15, 0.2) is 21.5 Å². The van der Waals surface area contributed by atoms with Gasteiger partial charge in [0.2, 0.25) is 0 Å². The Morgan fingerprint density at radius 1 is 1.55 bits per heavy atom. The van der Waals surface area contributed by atoms with Crippen LogP contribution in [0.5, 0.6) is 0 Å². The summed E-state index contributed by atoms with van der Waals surface area (Å²) in [5, 5.41) is 0. The maximum Gasteiger partial charge on any atom is 0.127 e. The molecule has 0 heterocycles. The van der Waals surface area contributed by atoms with E-state index >= 15 is 0 Å². The average molecular weight is 267 g/mol. The molecular weight excluding hydrogens is 253 g/mol. The molecule has 64 valence electrons. The number of hydrogen-bond donors (Lipinski definition) is 1. The van der Waals surface area contributed by atoms with Crippen molar-refractivity contribution in [2.24, 2.45) is 11.8 Å². The number of allylic oxidation sites excluding steroid dienone is 4. The predicted octanol–water partition coefficient (Wildman–Crippen LogP) is 2.76. The normalized spacial score (nSPS) is 14.0. The van der Waals surface area contributed by atoms with Gasteiger partial charge in [-0.15, -0.1) is 0 Å². The minimum absolute atomic E-state index is 0.338. The molecule has 3 heteroatoms. The van der Waals surface area contributed by atoms with Crippen LogP contribution in [0.4, 0.5) is 0 Å². The molecule has 2 N–H and O–H groups in total. The van der Waals surface area contributed by atoms with Gasteiger partial charge in [0, 0.05) is 9.50 Å². The van der Waals surface area contributed by atoms with E-state index in [2.05, 4.69) is 22.6 Å². The Hall–Kier alpha value is -0.0300. The first kappa shape index (κ1) is 11.0. The van der Waals surface area contributed by atoms with Crippen LogP contribution >= 0.6 is 22.6 Å². The van der Waals surface area contributed by atoms with E-state index in [-0.39, 0.29) is 0 Å². The van der Waals surface area contributed by atoms with Crippen LogP contribution in [-0.4, -0.2) is 0 Å². The molecule has 11 heavy (non-hydrogen) atoms. The third kappa shape index (κ3) is 4.42. The topological polar surface area (TPSA) is 35.2 Å². The zero-order valence-corrected chi connectivity index (χ0v) is 9.25. The van der Waals surface area contributed by atoms with E-state index in [1.165, 1.54) is 0 Å². The van der Waals surface area contributed by atoms with Crippen LogP contribution in [0.3, 0.4) is 0 Å². The minimum atomic E-state index is 0.338. The van der Waals surface area contributed by atoms with E-state index in [4.69, 9.17) is 10.7 Å². The Labute approximate surface area is 81.6 Å². The van der Waals surface area contributed by atoms with Crippen molar-refractivity contribution < 1.29 is 4.84 Å². The van der Waals surface area contributed by atoms with E-state index < -0.39 is 0 Å². The number of hydrogen-bond acceptors (Lipinski definition) is 2. The first-order valence-corrected chi connectivity index (χ1v) is 4.59. The second-order valence-electron chi connectivity index (χ2n) is 2.49. The third-order valence-electron chi connectivity index (χ3n) is 1.26. The molecule has 0 bridgehead atoms. The Morgan fingerprint density at radius 2 is 2.09 bits per heavy atom. The molecular formula is C8H14INO. The molecule has 0 radical (unpaired) electrons. The fraction of sp³-hybridized carbons (Fsp3) is 0.500.